The second-order valence-corrected chi connectivity index (χ2v) is 7.91. The van der Waals surface area contributed by atoms with Crippen LogP contribution >= 0.6 is 0 Å². The smallest absolute Gasteiger partial charge is 0.278 e. The molecule has 1 amide bonds. The van der Waals surface area contributed by atoms with Gasteiger partial charge in [-0.2, -0.15) is 0 Å². The summed E-state index contributed by atoms with van der Waals surface area (Å²) in [6, 6.07) is 19.0. The first-order valence-electron chi connectivity index (χ1n) is 10.6. The van der Waals surface area contributed by atoms with Crippen LogP contribution in [0.4, 0.5) is 5.69 Å². The van der Waals surface area contributed by atoms with Gasteiger partial charge in [0.05, 0.1) is 32.2 Å². The van der Waals surface area contributed by atoms with E-state index in [9.17, 15) is 4.79 Å². The highest BCUT2D eigenvalue weighted by molar-refractivity contribution is 5.80. The van der Waals surface area contributed by atoms with Gasteiger partial charge >= 0.3 is 0 Å². The molecule has 3 rings (SSSR count). The molecule has 0 aromatic heterocycles. The fraction of sp³-hybridized carbons (Fsp3) is 0.458. The number of carbonyl (C=O) groups excluding carboxylic acids is 1. The van der Waals surface area contributed by atoms with Crippen molar-refractivity contribution in [3.8, 4) is 0 Å². The van der Waals surface area contributed by atoms with Crippen molar-refractivity contribution in [3.05, 3.63) is 65.7 Å². The van der Waals surface area contributed by atoms with Crippen LogP contribution in [0.1, 0.15) is 43.9 Å². The number of hydrogen-bond donors (Lipinski definition) is 2. The van der Waals surface area contributed by atoms with Gasteiger partial charge in [-0.1, -0.05) is 61.9 Å². The lowest BCUT2D eigenvalue weighted by atomic mass is 10.0. The fourth-order valence-corrected chi connectivity index (χ4v) is 4.16. The van der Waals surface area contributed by atoms with E-state index in [0.717, 1.165) is 39.0 Å². The molecule has 28 heavy (non-hydrogen) atoms. The first-order chi connectivity index (χ1) is 13.6. The highest BCUT2D eigenvalue weighted by atomic mass is 16.2. The molecule has 1 aliphatic heterocycles. The molecule has 4 nitrogen and oxygen atoms in total. The SMILES string of the molecule is CCC[C@H](NC(=O)[C@H](C)[NH+]1CCN(c2ccccc2C)CC1)c1ccccc1. The quantitative estimate of drug-likeness (QED) is 0.775. The second kappa shape index (κ2) is 9.74. The lowest BCUT2D eigenvalue weighted by Crippen LogP contribution is -3.19. The van der Waals surface area contributed by atoms with Gasteiger partial charge in [0.25, 0.3) is 5.91 Å². The van der Waals surface area contributed by atoms with Crippen molar-refractivity contribution in [1.29, 1.82) is 0 Å². The predicted molar refractivity (Wildman–Crippen MR) is 116 cm³/mol. The lowest BCUT2D eigenvalue weighted by Gasteiger charge is -2.37. The second-order valence-electron chi connectivity index (χ2n) is 7.91. The van der Waals surface area contributed by atoms with Gasteiger partial charge in [0.15, 0.2) is 6.04 Å². The van der Waals surface area contributed by atoms with Gasteiger partial charge < -0.3 is 15.1 Å². The Balaban J connectivity index is 1.57. The van der Waals surface area contributed by atoms with Crippen molar-refractivity contribution < 1.29 is 9.69 Å². The van der Waals surface area contributed by atoms with Crippen molar-refractivity contribution in [2.24, 2.45) is 0 Å². The van der Waals surface area contributed by atoms with Crippen LogP contribution in [0, 0.1) is 6.92 Å². The van der Waals surface area contributed by atoms with Gasteiger partial charge in [-0.15, -0.1) is 0 Å². The minimum Gasteiger partial charge on any atom is -0.360 e. The Morgan fingerprint density at radius 1 is 1.07 bits per heavy atom. The number of rotatable bonds is 7. The van der Waals surface area contributed by atoms with Crippen LogP contribution in [0.2, 0.25) is 0 Å². The molecule has 2 aromatic rings. The number of nitrogens with one attached hydrogen (secondary N) is 2. The van der Waals surface area contributed by atoms with Crippen molar-refractivity contribution in [3.63, 3.8) is 0 Å². The van der Waals surface area contributed by atoms with Crippen LogP contribution in [0.3, 0.4) is 0 Å². The number of anilines is 1. The largest absolute Gasteiger partial charge is 0.360 e. The highest BCUT2D eigenvalue weighted by Crippen LogP contribution is 2.19. The Kier molecular flexibility index (Phi) is 7.10. The summed E-state index contributed by atoms with van der Waals surface area (Å²) in [5.41, 5.74) is 3.84. The first-order valence-corrected chi connectivity index (χ1v) is 10.6. The Labute approximate surface area is 169 Å². The number of para-hydroxylation sites is 1. The normalized spacial score (nSPS) is 17.2. The summed E-state index contributed by atoms with van der Waals surface area (Å²) in [7, 11) is 0. The molecular formula is C24H34N3O+. The molecular weight excluding hydrogens is 346 g/mol. The minimum absolute atomic E-state index is 0.0258. The average Bonchev–Trinajstić information content (AvgIpc) is 2.74. The predicted octanol–water partition coefficient (Wildman–Crippen LogP) is 2.75. The number of piperazine rings is 1. The van der Waals surface area contributed by atoms with E-state index in [-0.39, 0.29) is 18.0 Å². The van der Waals surface area contributed by atoms with E-state index < -0.39 is 0 Å². The summed E-state index contributed by atoms with van der Waals surface area (Å²) in [5.74, 6) is 0.168. The summed E-state index contributed by atoms with van der Waals surface area (Å²) in [4.78, 5) is 16.8. The monoisotopic (exact) mass is 380 g/mol. The summed E-state index contributed by atoms with van der Waals surface area (Å²) in [6.45, 7) is 10.4. The summed E-state index contributed by atoms with van der Waals surface area (Å²) in [5, 5.41) is 3.31. The zero-order chi connectivity index (χ0) is 19.9. The van der Waals surface area contributed by atoms with E-state index in [1.165, 1.54) is 21.7 Å². The van der Waals surface area contributed by atoms with Gasteiger partial charge in [-0.3, -0.25) is 4.79 Å². The van der Waals surface area contributed by atoms with Crippen LogP contribution in [0.25, 0.3) is 0 Å². The van der Waals surface area contributed by atoms with Gasteiger partial charge in [-0.25, -0.2) is 0 Å². The molecule has 4 heteroatoms. The van der Waals surface area contributed by atoms with Crippen molar-refractivity contribution in [2.45, 2.75) is 45.7 Å². The van der Waals surface area contributed by atoms with E-state index in [1.54, 1.807) is 0 Å². The molecule has 1 heterocycles. The molecule has 0 radical (unpaired) electrons. The number of amides is 1. The van der Waals surface area contributed by atoms with Crippen LogP contribution < -0.4 is 15.1 Å². The number of hydrogen-bond acceptors (Lipinski definition) is 2. The minimum atomic E-state index is -0.0258. The third-order valence-corrected chi connectivity index (χ3v) is 5.96. The number of carbonyl (C=O) groups is 1. The summed E-state index contributed by atoms with van der Waals surface area (Å²) < 4.78 is 0. The van der Waals surface area contributed by atoms with E-state index in [2.05, 4.69) is 67.4 Å². The number of quaternary nitrogens is 1. The third-order valence-electron chi connectivity index (χ3n) is 5.96. The molecule has 150 valence electrons. The number of aryl methyl sites for hydroxylation is 1. The molecule has 2 atom stereocenters. The van der Waals surface area contributed by atoms with Crippen LogP contribution in [0.5, 0.6) is 0 Å². The molecule has 1 fully saturated rings. The Hall–Kier alpha value is -2.33. The Bertz CT molecular complexity index is 753. The van der Waals surface area contributed by atoms with E-state index in [1.807, 2.05) is 18.2 Å². The molecule has 1 saturated heterocycles. The average molecular weight is 381 g/mol. The van der Waals surface area contributed by atoms with Crippen LogP contribution in [-0.4, -0.2) is 38.1 Å². The molecule has 0 bridgehead atoms. The molecule has 1 aliphatic rings. The Morgan fingerprint density at radius 3 is 2.36 bits per heavy atom. The third kappa shape index (κ3) is 4.93. The molecule has 0 spiro atoms. The number of benzene rings is 2. The topological polar surface area (TPSA) is 36.8 Å². The fourth-order valence-electron chi connectivity index (χ4n) is 4.16. The standard InChI is InChI=1S/C24H33N3O/c1-4-10-22(21-12-6-5-7-13-21)25-24(28)20(3)26-15-17-27(18-16-26)23-14-9-8-11-19(23)2/h5-9,11-14,20,22H,4,10,15-18H2,1-3H3,(H,25,28)/p+1/t20-,22-/m0/s1. The van der Waals surface area contributed by atoms with E-state index >= 15 is 0 Å². The zero-order valence-electron chi connectivity index (χ0n) is 17.4. The van der Waals surface area contributed by atoms with Gasteiger partial charge in [0, 0.05) is 5.69 Å². The zero-order valence-corrected chi connectivity index (χ0v) is 17.4. The van der Waals surface area contributed by atoms with Crippen molar-refractivity contribution >= 4 is 11.6 Å². The first kappa shape index (κ1) is 20.4. The maximum atomic E-state index is 13.0. The molecule has 0 saturated carbocycles. The van der Waals surface area contributed by atoms with Crippen LogP contribution in [0.15, 0.2) is 54.6 Å². The molecule has 0 aliphatic carbocycles. The Morgan fingerprint density at radius 2 is 1.71 bits per heavy atom. The van der Waals surface area contributed by atoms with E-state index in [4.69, 9.17) is 0 Å². The number of nitrogens with zero attached hydrogens (tertiary/aromatic N) is 1. The van der Waals surface area contributed by atoms with Crippen molar-refractivity contribution in [1.82, 2.24) is 5.32 Å². The molecule has 2 aromatic carbocycles. The maximum absolute atomic E-state index is 13.0. The summed E-state index contributed by atoms with van der Waals surface area (Å²) in [6.07, 6.45) is 2.02. The van der Waals surface area contributed by atoms with Gasteiger partial charge in [0.2, 0.25) is 0 Å². The lowest BCUT2D eigenvalue weighted by molar-refractivity contribution is -0.914. The van der Waals surface area contributed by atoms with Crippen molar-refractivity contribution in [2.75, 3.05) is 31.1 Å². The maximum Gasteiger partial charge on any atom is 0.278 e. The molecule has 0 unspecified atom stereocenters. The van der Waals surface area contributed by atoms with Gasteiger partial charge in [0.1, 0.15) is 0 Å². The molecule has 2 N–H and O–H groups in total. The van der Waals surface area contributed by atoms with E-state index in [0.29, 0.717) is 0 Å². The van der Waals surface area contributed by atoms with Crippen LogP contribution in [-0.2, 0) is 4.79 Å². The summed E-state index contributed by atoms with van der Waals surface area (Å²) >= 11 is 0. The van der Waals surface area contributed by atoms with Gasteiger partial charge in [-0.05, 0) is 37.5 Å². The highest BCUT2D eigenvalue weighted by Gasteiger charge is 2.30.